The van der Waals surface area contributed by atoms with Gasteiger partial charge in [-0.05, 0) is 44.9 Å². The van der Waals surface area contributed by atoms with E-state index in [1.165, 1.54) is 77.3 Å². The van der Waals surface area contributed by atoms with Crippen molar-refractivity contribution >= 4 is 0 Å². The van der Waals surface area contributed by atoms with Crippen molar-refractivity contribution < 1.29 is 4.74 Å². The first kappa shape index (κ1) is 17.0. The maximum Gasteiger partial charge on any atom is 0.121 e. The molecule has 0 bridgehead atoms. The lowest BCUT2D eigenvalue weighted by Gasteiger charge is -2.47. The maximum atomic E-state index is 6.45. The standard InChI is InChI=1S/C17H35NO/c1-4-7-12-17(19-16-9-6-3)13-10-11-15-18(17)14-8-5-2/h4-16H2,1-3H3. The van der Waals surface area contributed by atoms with Crippen LogP contribution in [0.25, 0.3) is 0 Å². The molecule has 1 aliphatic heterocycles. The summed E-state index contributed by atoms with van der Waals surface area (Å²) < 4.78 is 6.45. The summed E-state index contributed by atoms with van der Waals surface area (Å²) in [6, 6.07) is 0. The van der Waals surface area contributed by atoms with Crippen molar-refractivity contribution in [2.24, 2.45) is 0 Å². The smallest absolute Gasteiger partial charge is 0.121 e. The van der Waals surface area contributed by atoms with Gasteiger partial charge in [-0.1, -0.05) is 40.0 Å². The molecule has 1 rings (SSSR count). The lowest BCUT2D eigenvalue weighted by molar-refractivity contribution is -0.181. The van der Waals surface area contributed by atoms with Crippen LogP contribution in [-0.4, -0.2) is 30.3 Å². The van der Waals surface area contributed by atoms with Crippen LogP contribution in [0.4, 0.5) is 0 Å². The van der Waals surface area contributed by atoms with Crippen molar-refractivity contribution in [1.29, 1.82) is 0 Å². The quantitative estimate of drug-likeness (QED) is 0.519. The zero-order valence-corrected chi connectivity index (χ0v) is 13.5. The molecule has 0 aliphatic carbocycles. The number of unbranched alkanes of at least 4 members (excludes halogenated alkanes) is 3. The average molecular weight is 269 g/mol. The molecule has 114 valence electrons. The van der Waals surface area contributed by atoms with Crippen LogP contribution in [0.15, 0.2) is 0 Å². The van der Waals surface area contributed by atoms with E-state index < -0.39 is 0 Å². The van der Waals surface area contributed by atoms with Gasteiger partial charge in [0.25, 0.3) is 0 Å². The van der Waals surface area contributed by atoms with Crippen LogP contribution in [0.3, 0.4) is 0 Å². The molecule has 0 aromatic rings. The van der Waals surface area contributed by atoms with Gasteiger partial charge in [-0.2, -0.15) is 0 Å². The summed E-state index contributed by atoms with van der Waals surface area (Å²) in [5.41, 5.74) is 0.0819. The van der Waals surface area contributed by atoms with Crippen LogP contribution in [0.1, 0.15) is 85.0 Å². The Morgan fingerprint density at radius 1 is 0.947 bits per heavy atom. The van der Waals surface area contributed by atoms with Crippen molar-refractivity contribution in [3.05, 3.63) is 0 Å². The number of likely N-dealkylation sites (tertiary alicyclic amines) is 1. The van der Waals surface area contributed by atoms with Gasteiger partial charge < -0.3 is 4.74 Å². The fraction of sp³-hybridized carbons (Fsp3) is 1.00. The summed E-state index contributed by atoms with van der Waals surface area (Å²) in [4.78, 5) is 2.67. The molecule has 0 spiro atoms. The van der Waals surface area contributed by atoms with E-state index in [1.807, 2.05) is 0 Å². The molecule has 1 unspecified atom stereocenters. The second-order valence-corrected chi connectivity index (χ2v) is 6.05. The summed E-state index contributed by atoms with van der Waals surface area (Å²) in [6.45, 7) is 10.2. The number of ether oxygens (including phenoxy) is 1. The fourth-order valence-electron chi connectivity index (χ4n) is 3.11. The van der Waals surface area contributed by atoms with Crippen molar-refractivity contribution in [2.45, 2.75) is 90.7 Å². The molecular weight excluding hydrogens is 234 g/mol. The maximum absolute atomic E-state index is 6.45. The minimum atomic E-state index is 0.0819. The van der Waals surface area contributed by atoms with Crippen LogP contribution in [0, 0.1) is 0 Å². The topological polar surface area (TPSA) is 12.5 Å². The van der Waals surface area contributed by atoms with E-state index in [0.29, 0.717) is 0 Å². The van der Waals surface area contributed by atoms with Gasteiger partial charge in [0, 0.05) is 19.7 Å². The van der Waals surface area contributed by atoms with Crippen molar-refractivity contribution in [3.8, 4) is 0 Å². The number of rotatable bonds is 10. The van der Waals surface area contributed by atoms with Gasteiger partial charge in [0.05, 0.1) is 0 Å². The Labute approximate surface area is 120 Å². The van der Waals surface area contributed by atoms with Crippen LogP contribution in [0.5, 0.6) is 0 Å². The molecule has 1 aliphatic rings. The van der Waals surface area contributed by atoms with E-state index in [4.69, 9.17) is 4.74 Å². The zero-order valence-electron chi connectivity index (χ0n) is 13.5. The molecule has 2 nitrogen and oxygen atoms in total. The monoisotopic (exact) mass is 269 g/mol. The highest BCUT2D eigenvalue weighted by Crippen LogP contribution is 2.34. The number of hydrogen-bond acceptors (Lipinski definition) is 2. The minimum absolute atomic E-state index is 0.0819. The van der Waals surface area contributed by atoms with Crippen LogP contribution in [0.2, 0.25) is 0 Å². The second kappa shape index (κ2) is 9.77. The minimum Gasteiger partial charge on any atom is -0.360 e. The van der Waals surface area contributed by atoms with Gasteiger partial charge in [-0.25, -0.2) is 0 Å². The Morgan fingerprint density at radius 3 is 2.37 bits per heavy atom. The molecule has 2 heteroatoms. The van der Waals surface area contributed by atoms with Crippen LogP contribution >= 0.6 is 0 Å². The van der Waals surface area contributed by atoms with Gasteiger partial charge in [0.2, 0.25) is 0 Å². The number of hydrogen-bond donors (Lipinski definition) is 0. The van der Waals surface area contributed by atoms with Crippen LogP contribution in [-0.2, 0) is 4.74 Å². The summed E-state index contributed by atoms with van der Waals surface area (Å²) in [5.74, 6) is 0. The molecule has 1 heterocycles. The third-order valence-electron chi connectivity index (χ3n) is 4.39. The lowest BCUT2D eigenvalue weighted by Crippen LogP contribution is -2.54. The molecule has 0 aromatic heterocycles. The van der Waals surface area contributed by atoms with Crippen molar-refractivity contribution in [1.82, 2.24) is 4.90 Å². The second-order valence-electron chi connectivity index (χ2n) is 6.05. The highest BCUT2D eigenvalue weighted by atomic mass is 16.5. The van der Waals surface area contributed by atoms with Gasteiger partial charge >= 0.3 is 0 Å². The molecule has 0 saturated carbocycles. The Morgan fingerprint density at radius 2 is 1.68 bits per heavy atom. The predicted molar refractivity (Wildman–Crippen MR) is 83.4 cm³/mol. The summed E-state index contributed by atoms with van der Waals surface area (Å²) >= 11 is 0. The van der Waals surface area contributed by atoms with Crippen LogP contribution < -0.4 is 0 Å². The molecule has 0 radical (unpaired) electrons. The van der Waals surface area contributed by atoms with Gasteiger partial charge in [0.15, 0.2) is 0 Å². The fourth-order valence-corrected chi connectivity index (χ4v) is 3.11. The van der Waals surface area contributed by atoms with E-state index >= 15 is 0 Å². The van der Waals surface area contributed by atoms with Crippen molar-refractivity contribution in [3.63, 3.8) is 0 Å². The molecule has 0 N–H and O–H groups in total. The van der Waals surface area contributed by atoms with E-state index in [1.54, 1.807) is 0 Å². The van der Waals surface area contributed by atoms with Crippen molar-refractivity contribution in [2.75, 3.05) is 19.7 Å². The zero-order chi connectivity index (χ0) is 14.0. The van der Waals surface area contributed by atoms with Gasteiger partial charge in [0.1, 0.15) is 5.72 Å². The summed E-state index contributed by atoms with van der Waals surface area (Å²) in [6.07, 6.45) is 12.8. The molecule has 0 amide bonds. The third kappa shape index (κ3) is 5.43. The summed E-state index contributed by atoms with van der Waals surface area (Å²) in [7, 11) is 0. The molecule has 0 aromatic carbocycles. The Bertz CT molecular complexity index is 219. The SMILES string of the molecule is CCCCOC1(CCCC)CCCCN1CCCC. The number of piperidine rings is 1. The Kier molecular flexibility index (Phi) is 8.72. The third-order valence-corrected chi connectivity index (χ3v) is 4.39. The predicted octanol–water partition coefficient (Wildman–Crippen LogP) is 4.98. The summed E-state index contributed by atoms with van der Waals surface area (Å²) in [5, 5.41) is 0. The number of nitrogens with zero attached hydrogens (tertiary/aromatic N) is 1. The average Bonchev–Trinajstić information content (AvgIpc) is 2.44. The molecule has 19 heavy (non-hydrogen) atoms. The Balaban J connectivity index is 2.63. The first-order valence-corrected chi connectivity index (χ1v) is 8.68. The van der Waals surface area contributed by atoms with Gasteiger partial charge in [-0.3, -0.25) is 4.90 Å². The largest absolute Gasteiger partial charge is 0.360 e. The first-order chi connectivity index (χ1) is 9.29. The molecule has 1 saturated heterocycles. The van der Waals surface area contributed by atoms with E-state index in [0.717, 1.165) is 6.61 Å². The highest BCUT2D eigenvalue weighted by molar-refractivity contribution is 4.86. The molecule has 1 fully saturated rings. The lowest BCUT2D eigenvalue weighted by atomic mass is 9.92. The van der Waals surface area contributed by atoms with E-state index in [-0.39, 0.29) is 5.72 Å². The Hall–Kier alpha value is -0.0800. The van der Waals surface area contributed by atoms with E-state index in [9.17, 15) is 0 Å². The van der Waals surface area contributed by atoms with E-state index in [2.05, 4.69) is 25.7 Å². The normalized spacial score (nSPS) is 24.8. The van der Waals surface area contributed by atoms with Gasteiger partial charge in [-0.15, -0.1) is 0 Å². The first-order valence-electron chi connectivity index (χ1n) is 8.68. The molecule has 1 atom stereocenters. The highest BCUT2D eigenvalue weighted by Gasteiger charge is 2.38. The molecular formula is C17H35NO.